The van der Waals surface area contributed by atoms with Gasteiger partial charge in [0.25, 0.3) is 11.8 Å². The standard InChI is InChI=1S/C16H14INOS.C11H7BrINOS.C5H8.BrH/c1-11(2)7-8-12-5-3-4-6-14(12)18-16(19)13-9-10-20-15(13)17;12-8-3-1-2-4-9(8)14-11(15)7-5-6-16-10(7)13;1-4-5(2)3;/h3-6,9-11H,1-2H3,(H,18,19);1-6H,(H,14,15);1,5H,2-3H3;1H/p-1. The number of halogens is 4. The summed E-state index contributed by atoms with van der Waals surface area (Å²) >= 11 is 10.9. The Balaban J connectivity index is 0.000000360. The quantitative estimate of drug-likeness (QED) is 0.167. The van der Waals surface area contributed by atoms with Crippen LogP contribution in [0.4, 0.5) is 11.4 Å². The zero-order valence-electron chi connectivity index (χ0n) is 23.3. The molecule has 220 valence electrons. The lowest BCUT2D eigenvalue weighted by atomic mass is 10.1. The second kappa shape index (κ2) is 20.3. The van der Waals surface area contributed by atoms with Crippen molar-refractivity contribution in [3.8, 4) is 24.2 Å². The average Bonchev–Trinajstić information content (AvgIpc) is 3.58. The van der Waals surface area contributed by atoms with Crippen LogP contribution in [-0.2, 0) is 0 Å². The molecule has 0 aliphatic carbocycles. The molecule has 4 nitrogen and oxygen atoms in total. The van der Waals surface area contributed by atoms with Gasteiger partial charge in [0, 0.05) is 21.9 Å². The summed E-state index contributed by atoms with van der Waals surface area (Å²) in [6.07, 6.45) is 4.92. The number of amides is 2. The van der Waals surface area contributed by atoms with E-state index in [9.17, 15) is 9.59 Å². The molecule has 0 aliphatic rings. The SMILES string of the molecule is C#CC(C)C.CC(C)C#Cc1ccccc1NC(=O)c1ccsc1I.O=C(Nc1ccccc1Br)c1ccsc1I.[Br-]. The van der Waals surface area contributed by atoms with Gasteiger partial charge in [-0.1, -0.05) is 63.8 Å². The van der Waals surface area contributed by atoms with E-state index in [1.54, 1.807) is 22.7 Å². The van der Waals surface area contributed by atoms with Gasteiger partial charge in [0.15, 0.2) is 0 Å². The molecule has 0 unspecified atom stereocenters. The van der Waals surface area contributed by atoms with Crippen LogP contribution in [0.1, 0.15) is 54.0 Å². The average molecular weight is 951 g/mol. The Morgan fingerprint density at radius 3 is 1.67 bits per heavy atom. The molecule has 0 fully saturated rings. The third-order valence-corrected chi connectivity index (χ3v) is 9.63. The molecule has 0 aliphatic heterocycles. The lowest BCUT2D eigenvalue weighted by molar-refractivity contribution is -0.0000229. The summed E-state index contributed by atoms with van der Waals surface area (Å²) in [7, 11) is 0. The third kappa shape index (κ3) is 13.3. The number of hydrogen-bond donors (Lipinski definition) is 2. The Bertz CT molecular complexity index is 1560. The number of anilines is 2. The predicted molar refractivity (Wildman–Crippen MR) is 196 cm³/mol. The highest BCUT2D eigenvalue weighted by molar-refractivity contribution is 14.1. The van der Waals surface area contributed by atoms with Crippen LogP contribution in [0, 0.1) is 41.8 Å². The highest BCUT2D eigenvalue weighted by Crippen LogP contribution is 2.25. The Morgan fingerprint density at radius 1 is 0.786 bits per heavy atom. The Kier molecular flexibility index (Phi) is 18.5. The molecule has 2 amide bonds. The lowest BCUT2D eigenvalue weighted by Gasteiger charge is -2.07. The minimum Gasteiger partial charge on any atom is -1.00 e. The van der Waals surface area contributed by atoms with Crippen LogP contribution in [0.5, 0.6) is 0 Å². The van der Waals surface area contributed by atoms with E-state index in [1.165, 1.54) is 0 Å². The van der Waals surface area contributed by atoms with Gasteiger partial charge in [-0.15, -0.1) is 35.0 Å². The smallest absolute Gasteiger partial charge is 0.257 e. The van der Waals surface area contributed by atoms with Crippen LogP contribution >= 0.6 is 83.8 Å². The van der Waals surface area contributed by atoms with E-state index < -0.39 is 0 Å². The number of para-hydroxylation sites is 2. The molecule has 42 heavy (non-hydrogen) atoms. The van der Waals surface area contributed by atoms with Gasteiger partial charge in [0.1, 0.15) is 0 Å². The second-order valence-corrected chi connectivity index (χ2v) is 15.2. The first-order valence-corrected chi connectivity index (χ1v) is 17.1. The van der Waals surface area contributed by atoms with Gasteiger partial charge < -0.3 is 27.6 Å². The van der Waals surface area contributed by atoms with E-state index in [4.69, 9.17) is 6.42 Å². The first-order valence-electron chi connectivity index (χ1n) is 12.4. The van der Waals surface area contributed by atoms with E-state index in [2.05, 4.69) is 89.5 Å². The minimum absolute atomic E-state index is 0. The van der Waals surface area contributed by atoms with Crippen molar-refractivity contribution in [1.82, 2.24) is 0 Å². The number of nitrogens with one attached hydrogen (secondary N) is 2. The summed E-state index contributed by atoms with van der Waals surface area (Å²) < 4.78 is 2.88. The molecule has 0 saturated carbocycles. The molecule has 0 spiro atoms. The molecule has 2 heterocycles. The Morgan fingerprint density at radius 2 is 1.24 bits per heavy atom. The highest BCUT2D eigenvalue weighted by Gasteiger charge is 2.13. The number of benzene rings is 2. The van der Waals surface area contributed by atoms with E-state index >= 15 is 0 Å². The van der Waals surface area contributed by atoms with Crippen molar-refractivity contribution in [1.29, 1.82) is 0 Å². The van der Waals surface area contributed by atoms with Gasteiger partial charge in [-0.05, 0) is 108 Å². The maximum atomic E-state index is 12.2. The first kappa shape index (κ1) is 38.3. The fourth-order valence-electron chi connectivity index (χ4n) is 2.78. The summed E-state index contributed by atoms with van der Waals surface area (Å²) in [5.74, 6) is 9.32. The molecule has 0 saturated heterocycles. The Labute approximate surface area is 303 Å². The molecule has 2 aromatic carbocycles. The lowest BCUT2D eigenvalue weighted by Crippen LogP contribution is -3.00. The molecule has 0 bridgehead atoms. The Hall–Kier alpha value is -1.68. The van der Waals surface area contributed by atoms with Crippen LogP contribution in [-0.4, -0.2) is 11.8 Å². The van der Waals surface area contributed by atoms with Gasteiger partial charge in [0.2, 0.25) is 0 Å². The van der Waals surface area contributed by atoms with Gasteiger partial charge >= 0.3 is 0 Å². The zero-order chi connectivity index (χ0) is 30.4. The number of carbonyl (C=O) groups excluding carboxylic acids is 2. The van der Waals surface area contributed by atoms with Gasteiger partial charge in [-0.2, -0.15) is 0 Å². The maximum absolute atomic E-state index is 12.2. The fraction of sp³-hybridized carbons (Fsp3) is 0.188. The third-order valence-electron chi connectivity index (χ3n) is 4.85. The summed E-state index contributed by atoms with van der Waals surface area (Å²) in [6.45, 7) is 8.06. The van der Waals surface area contributed by atoms with Crippen molar-refractivity contribution >= 4 is 107 Å². The number of rotatable bonds is 4. The predicted octanol–water partition coefficient (Wildman–Crippen LogP) is 7.26. The molecule has 4 rings (SSSR count). The van der Waals surface area contributed by atoms with E-state index in [1.807, 2.05) is 99.1 Å². The zero-order valence-corrected chi connectivity index (χ0v) is 32.4. The van der Waals surface area contributed by atoms with Crippen molar-refractivity contribution in [2.45, 2.75) is 27.7 Å². The number of carbonyl (C=O) groups is 2. The molecule has 10 heteroatoms. The van der Waals surface area contributed by atoms with Crippen LogP contribution in [0.25, 0.3) is 0 Å². The van der Waals surface area contributed by atoms with Crippen molar-refractivity contribution in [3.63, 3.8) is 0 Å². The minimum atomic E-state index is -0.0885. The molecular formula is C32H29Br2I2N2O2S2-. The summed E-state index contributed by atoms with van der Waals surface area (Å²) in [5, 5.41) is 9.64. The van der Waals surface area contributed by atoms with Crippen molar-refractivity contribution < 1.29 is 26.6 Å². The molecule has 0 radical (unpaired) electrons. The molecular weight excluding hydrogens is 922 g/mol. The topological polar surface area (TPSA) is 58.2 Å². The van der Waals surface area contributed by atoms with Crippen molar-refractivity contribution in [2.75, 3.05) is 10.6 Å². The molecule has 2 N–H and O–H groups in total. The van der Waals surface area contributed by atoms with Crippen LogP contribution < -0.4 is 27.6 Å². The van der Waals surface area contributed by atoms with Gasteiger partial charge in [-0.25, -0.2) is 0 Å². The van der Waals surface area contributed by atoms with Gasteiger partial charge in [-0.3, -0.25) is 9.59 Å². The van der Waals surface area contributed by atoms with Crippen molar-refractivity contribution in [2.24, 2.45) is 11.8 Å². The maximum Gasteiger partial charge on any atom is 0.257 e. The normalized spacial score (nSPS) is 9.52. The number of hydrogen-bond acceptors (Lipinski definition) is 4. The largest absolute Gasteiger partial charge is 1.00 e. The van der Waals surface area contributed by atoms with E-state index in [0.29, 0.717) is 17.4 Å². The van der Waals surface area contributed by atoms with Crippen LogP contribution in [0.15, 0.2) is 75.9 Å². The van der Waals surface area contributed by atoms with E-state index in [0.717, 1.165) is 32.7 Å². The monoisotopic (exact) mass is 949 g/mol. The van der Waals surface area contributed by atoms with Gasteiger partial charge in [0.05, 0.1) is 28.3 Å². The van der Waals surface area contributed by atoms with E-state index in [-0.39, 0.29) is 28.8 Å². The molecule has 0 atom stereocenters. The van der Waals surface area contributed by atoms with Crippen LogP contribution in [0.2, 0.25) is 0 Å². The molecule has 4 aromatic rings. The number of terminal acetylenes is 1. The summed E-state index contributed by atoms with van der Waals surface area (Å²) in [4.78, 5) is 24.1. The molecule has 2 aromatic heterocycles. The second-order valence-electron chi connectivity index (χ2n) is 8.90. The highest BCUT2D eigenvalue weighted by atomic mass is 127. The van der Waals surface area contributed by atoms with Crippen LogP contribution in [0.3, 0.4) is 0 Å². The summed E-state index contributed by atoms with van der Waals surface area (Å²) in [6, 6.07) is 18.8. The first-order chi connectivity index (χ1) is 19.5. The fourth-order valence-corrected chi connectivity index (χ4v) is 6.11. The van der Waals surface area contributed by atoms with Crippen molar-refractivity contribution in [3.05, 3.63) is 98.4 Å². The number of thiophene rings is 2. The summed E-state index contributed by atoms with van der Waals surface area (Å²) in [5.41, 5.74) is 3.82.